The number of aromatic nitrogens is 1. The molecule has 0 aliphatic rings. The van der Waals surface area contributed by atoms with Gasteiger partial charge in [0, 0.05) is 12.7 Å². The van der Waals surface area contributed by atoms with E-state index in [1.807, 2.05) is 25.1 Å². The number of carbonyl (C=O) groups excluding carboxylic acids is 1. The maximum absolute atomic E-state index is 12.2. The molecule has 18 heavy (non-hydrogen) atoms. The molecule has 100 valence electrons. The van der Waals surface area contributed by atoms with Crippen LogP contribution < -0.4 is 5.73 Å². The van der Waals surface area contributed by atoms with Crippen LogP contribution in [0.15, 0.2) is 24.4 Å². The van der Waals surface area contributed by atoms with Gasteiger partial charge in [-0.2, -0.15) is 0 Å². The molecular weight excluding hydrogens is 226 g/mol. The number of carbonyl (C=O) groups is 1. The molecule has 1 amide bonds. The largest absolute Gasteiger partial charge is 0.336 e. The summed E-state index contributed by atoms with van der Waals surface area (Å²) in [6, 6.07) is 5.30. The number of rotatable bonds is 6. The van der Waals surface area contributed by atoms with Crippen molar-refractivity contribution in [1.82, 2.24) is 9.88 Å². The number of amides is 1. The molecule has 1 rings (SSSR count). The molecule has 1 heterocycles. The minimum atomic E-state index is -0.409. The molecule has 1 atom stereocenters. The molecule has 0 aliphatic heterocycles. The molecule has 0 radical (unpaired) electrons. The first kappa shape index (κ1) is 14.6. The van der Waals surface area contributed by atoms with Gasteiger partial charge in [-0.05, 0) is 31.4 Å². The van der Waals surface area contributed by atoms with Crippen molar-refractivity contribution >= 4 is 5.91 Å². The summed E-state index contributed by atoms with van der Waals surface area (Å²) in [7, 11) is 0. The van der Waals surface area contributed by atoms with E-state index in [-0.39, 0.29) is 5.91 Å². The highest BCUT2D eigenvalue weighted by molar-refractivity contribution is 5.81. The number of pyridine rings is 1. The van der Waals surface area contributed by atoms with Gasteiger partial charge in [0.2, 0.25) is 5.91 Å². The molecule has 0 saturated heterocycles. The van der Waals surface area contributed by atoms with Crippen LogP contribution in [0.2, 0.25) is 0 Å². The Morgan fingerprint density at radius 2 is 2.17 bits per heavy atom. The number of nitrogens with two attached hydrogens (primary N) is 1. The molecule has 0 unspecified atom stereocenters. The van der Waals surface area contributed by atoms with Gasteiger partial charge < -0.3 is 10.6 Å². The first-order valence-corrected chi connectivity index (χ1v) is 6.48. The fraction of sp³-hybridized carbons (Fsp3) is 0.571. The Balaban J connectivity index is 2.63. The monoisotopic (exact) mass is 249 g/mol. The van der Waals surface area contributed by atoms with E-state index < -0.39 is 6.04 Å². The van der Waals surface area contributed by atoms with Crippen LogP contribution in [0.25, 0.3) is 0 Å². The van der Waals surface area contributed by atoms with Crippen molar-refractivity contribution in [3.63, 3.8) is 0 Å². The number of likely N-dealkylation sites (N-methyl/N-ethyl adjacent to an activating group) is 1. The van der Waals surface area contributed by atoms with E-state index in [0.717, 1.165) is 12.1 Å². The smallest absolute Gasteiger partial charge is 0.239 e. The number of nitrogens with zero attached hydrogens (tertiary/aromatic N) is 2. The third-order valence-corrected chi connectivity index (χ3v) is 2.81. The summed E-state index contributed by atoms with van der Waals surface area (Å²) in [4.78, 5) is 18.2. The fourth-order valence-corrected chi connectivity index (χ4v) is 1.88. The summed E-state index contributed by atoms with van der Waals surface area (Å²) >= 11 is 0. The van der Waals surface area contributed by atoms with Crippen LogP contribution in [0.4, 0.5) is 0 Å². The van der Waals surface area contributed by atoms with Gasteiger partial charge in [-0.3, -0.25) is 9.78 Å². The van der Waals surface area contributed by atoms with Gasteiger partial charge in [0.05, 0.1) is 18.3 Å². The lowest BCUT2D eigenvalue weighted by atomic mass is 10.0. The molecule has 0 aromatic carbocycles. The summed E-state index contributed by atoms with van der Waals surface area (Å²) in [5.41, 5.74) is 6.83. The minimum absolute atomic E-state index is 0.0110. The molecule has 0 spiro atoms. The van der Waals surface area contributed by atoms with Crippen molar-refractivity contribution in [2.24, 2.45) is 11.7 Å². The van der Waals surface area contributed by atoms with Crippen molar-refractivity contribution in [2.75, 3.05) is 6.54 Å². The van der Waals surface area contributed by atoms with E-state index in [0.29, 0.717) is 19.0 Å². The van der Waals surface area contributed by atoms with E-state index in [9.17, 15) is 4.79 Å². The molecular formula is C14H23N3O. The van der Waals surface area contributed by atoms with Crippen LogP contribution in [0.5, 0.6) is 0 Å². The highest BCUT2D eigenvalue weighted by Crippen LogP contribution is 2.08. The zero-order valence-corrected chi connectivity index (χ0v) is 11.5. The molecule has 1 aromatic rings. The topological polar surface area (TPSA) is 59.2 Å². The highest BCUT2D eigenvalue weighted by Gasteiger charge is 2.20. The Hall–Kier alpha value is -1.42. The minimum Gasteiger partial charge on any atom is -0.336 e. The molecule has 0 bridgehead atoms. The van der Waals surface area contributed by atoms with E-state index in [2.05, 4.69) is 18.8 Å². The van der Waals surface area contributed by atoms with Crippen LogP contribution in [-0.4, -0.2) is 28.4 Å². The van der Waals surface area contributed by atoms with Crippen molar-refractivity contribution < 1.29 is 4.79 Å². The standard InChI is InChI=1S/C14H23N3O/c1-4-17(10-12-7-5-6-8-16-12)14(18)13(15)9-11(2)3/h5-8,11,13H,4,9-10,15H2,1-3H3/t13-/m1/s1. The average molecular weight is 249 g/mol. The van der Waals surface area contributed by atoms with Gasteiger partial charge in [-0.15, -0.1) is 0 Å². The molecule has 0 saturated carbocycles. The van der Waals surface area contributed by atoms with Crippen LogP contribution in [-0.2, 0) is 11.3 Å². The zero-order chi connectivity index (χ0) is 13.5. The van der Waals surface area contributed by atoms with Gasteiger partial charge in [0.1, 0.15) is 0 Å². The lowest BCUT2D eigenvalue weighted by Crippen LogP contribution is -2.44. The van der Waals surface area contributed by atoms with Crippen molar-refractivity contribution in [3.8, 4) is 0 Å². The molecule has 1 aromatic heterocycles. The third kappa shape index (κ3) is 4.45. The summed E-state index contributed by atoms with van der Waals surface area (Å²) in [6.45, 7) is 7.29. The quantitative estimate of drug-likeness (QED) is 0.836. The lowest BCUT2D eigenvalue weighted by molar-refractivity contribution is -0.133. The van der Waals surface area contributed by atoms with E-state index in [4.69, 9.17) is 5.73 Å². The van der Waals surface area contributed by atoms with Crippen LogP contribution in [0, 0.1) is 5.92 Å². The summed E-state index contributed by atoms with van der Waals surface area (Å²) < 4.78 is 0. The second-order valence-corrected chi connectivity index (χ2v) is 4.91. The summed E-state index contributed by atoms with van der Waals surface area (Å²) in [5.74, 6) is 0.439. The summed E-state index contributed by atoms with van der Waals surface area (Å²) in [5, 5.41) is 0. The van der Waals surface area contributed by atoms with Crippen molar-refractivity contribution in [3.05, 3.63) is 30.1 Å². The van der Waals surface area contributed by atoms with Crippen molar-refractivity contribution in [2.45, 2.75) is 39.8 Å². The Morgan fingerprint density at radius 1 is 1.44 bits per heavy atom. The second-order valence-electron chi connectivity index (χ2n) is 4.91. The fourth-order valence-electron chi connectivity index (χ4n) is 1.88. The SMILES string of the molecule is CCN(Cc1ccccn1)C(=O)[C@H](N)CC(C)C. The maximum atomic E-state index is 12.2. The van der Waals surface area contributed by atoms with Crippen LogP contribution in [0.3, 0.4) is 0 Å². The maximum Gasteiger partial charge on any atom is 0.239 e. The molecule has 2 N–H and O–H groups in total. The van der Waals surface area contributed by atoms with Gasteiger partial charge in [-0.25, -0.2) is 0 Å². The molecule has 4 nitrogen and oxygen atoms in total. The average Bonchev–Trinajstić information content (AvgIpc) is 2.35. The Morgan fingerprint density at radius 3 is 2.67 bits per heavy atom. The molecule has 0 aliphatic carbocycles. The lowest BCUT2D eigenvalue weighted by Gasteiger charge is -2.24. The van der Waals surface area contributed by atoms with Crippen molar-refractivity contribution in [1.29, 1.82) is 0 Å². The Labute approximate surface area is 109 Å². The summed E-state index contributed by atoms with van der Waals surface area (Å²) in [6.07, 6.45) is 2.46. The van der Waals surface area contributed by atoms with Gasteiger partial charge in [-0.1, -0.05) is 19.9 Å². The molecule has 0 fully saturated rings. The van der Waals surface area contributed by atoms with E-state index in [1.54, 1.807) is 11.1 Å². The normalized spacial score (nSPS) is 12.5. The van der Waals surface area contributed by atoms with Gasteiger partial charge >= 0.3 is 0 Å². The zero-order valence-electron chi connectivity index (χ0n) is 11.5. The first-order chi connectivity index (χ1) is 8.54. The van der Waals surface area contributed by atoms with Crippen LogP contribution >= 0.6 is 0 Å². The second kappa shape index (κ2) is 7.11. The highest BCUT2D eigenvalue weighted by atomic mass is 16.2. The van der Waals surface area contributed by atoms with Crippen LogP contribution in [0.1, 0.15) is 32.9 Å². The number of hydrogen-bond donors (Lipinski definition) is 1. The first-order valence-electron chi connectivity index (χ1n) is 6.48. The van der Waals surface area contributed by atoms with E-state index in [1.165, 1.54) is 0 Å². The predicted molar refractivity (Wildman–Crippen MR) is 72.8 cm³/mol. The Kier molecular flexibility index (Phi) is 5.78. The third-order valence-electron chi connectivity index (χ3n) is 2.81. The predicted octanol–water partition coefficient (Wildman–Crippen LogP) is 1.80. The molecule has 4 heteroatoms. The Bertz CT molecular complexity index is 365. The van der Waals surface area contributed by atoms with Gasteiger partial charge in [0.15, 0.2) is 0 Å². The van der Waals surface area contributed by atoms with Gasteiger partial charge in [0.25, 0.3) is 0 Å². The number of hydrogen-bond acceptors (Lipinski definition) is 3. The van der Waals surface area contributed by atoms with E-state index >= 15 is 0 Å².